The summed E-state index contributed by atoms with van der Waals surface area (Å²) in [7, 11) is 0. The van der Waals surface area contributed by atoms with E-state index < -0.39 is 0 Å². The normalized spacial score (nSPS) is 57.6. The van der Waals surface area contributed by atoms with Crippen LogP contribution in [0.25, 0.3) is 0 Å². The van der Waals surface area contributed by atoms with Crippen molar-refractivity contribution in [1.82, 2.24) is 5.32 Å². The van der Waals surface area contributed by atoms with E-state index in [0.29, 0.717) is 12.2 Å². The maximum Gasteiger partial charge on any atom is 0.0624 e. The summed E-state index contributed by atoms with van der Waals surface area (Å²) in [6.07, 6.45) is 3.91. The van der Waals surface area contributed by atoms with Crippen LogP contribution in [-0.4, -0.2) is 25.3 Å². The van der Waals surface area contributed by atoms with Crippen molar-refractivity contribution in [2.45, 2.75) is 25.0 Å². The summed E-state index contributed by atoms with van der Waals surface area (Å²) in [6.45, 7) is 2.43. The molecule has 0 aliphatic carbocycles. The van der Waals surface area contributed by atoms with Crippen LogP contribution in [-0.2, 0) is 4.74 Å². The van der Waals surface area contributed by atoms with Gasteiger partial charge in [0.1, 0.15) is 0 Å². The first kappa shape index (κ1) is 5.56. The molecule has 0 radical (unpaired) electrons. The molecule has 3 heterocycles. The Morgan fingerprint density at radius 1 is 1.00 bits per heavy atom. The minimum Gasteiger partial charge on any atom is -0.374 e. The molecule has 4 atom stereocenters. The lowest BCUT2D eigenvalue weighted by Crippen LogP contribution is -2.24. The quantitative estimate of drug-likeness (QED) is 0.524. The summed E-state index contributed by atoms with van der Waals surface area (Å²) < 4.78 is 5.80. The van der Waals surface area contributed by atoms with Gasteiger partial charge in [0.15, 0.2) is 0 Å². The topological polar surface area (TPSA) is 21.3 Å². The molecule has 3 aliphatic rings. The standard InChI is InChI=1S/C8H13NO/c1-2-8-6-4-9-3-5(6)7(1)10-8/h5-9H,1-4H2/t5-,6+,7?,8?. The number of hydrogen-bond acceptors (Lipinski definition) is 2. The molecule has 3 aliphatic heterocycles. The maximum atomic E-state index is 5.80. The van der Waals surface area contributed by atoms with Crippen LogP contribution in [0.1, 0.15) is 12.8 Å². The van der Waals surface area contributed by atoms with Gasteiger partial charge in [-0.2, -0.15) is 0 Å². The zero-order valence-electron chi connectivity index (χ0n) is 6.05. The number of hydrogen-bond donors (Lipinski definition) is 1. The molecule has 0 aromatic rings. The fourth-order valence-electron chi connectivity index (χ4n) is 2.85. The van der Waals surface area contributed by atoms with E-state index in [1.165, 1.54) is 25.9 Å². The lowest BCUT2D eigenvalue weighted by molar-refractivity contribution is 0.0832. The van der Waals surface area contributed by atoms with Crippen molar-refractivity contribution in [3.05, 3.63) is 0 Å². The van der Waals surface area contributed by atoms with Gasteiger partial charge in [-0.3, -0.25) is 0 Å². The molecule has 3 fully saturated rings. The van der Waals surface area contributed by atoms with Crippen LogP contribution in [0, 0.1) is 11.8 Å². The van der Waals surface area contributed by atoms with Crippen molar-refractivity contribution < 1.29 is 4.74 Å². The molecule has 1 N–H and O–H groups in total. The summed E-state index contributed by atoms with van der Waals surface area (Å²) in [5.74, 6) is 1.75. The van der Waals surface area contributed by atoms with E-state index in [4.69, 9.17) is 4.74 Å². The molecule has 0 amide bonds. The molecule has 56 valence electrons. The molecule has 0 spiro atoms. The lowest BCUT2D eigenvalue weighted by atomic mass is 9.82. The molecule has 2 heteroatoms. The first-order valence-electron chi connectivity index (χ1n) is 4.31. The number of ether oxygens (including phenoxy) is 1. The van der Waals surface area contributed by atoms with Gasteiger partial charge in [-0.1, -0.05) is 0 Å². The molecule has 10 heavy (non-hydrogen) atoms. The third-order valence-electron chi connectivity index (χ3n) is 3.35. The van der Waals surface area contributed by atoms with Gasteiger partial charge in [0.05, 0.1) is 12.2 Å². The van der Waals surface area contributed by atoms with E-state index in [1.54, 1.807) is 0 Å². The van der Waals surface area contributed by atoms with Crippen molar-refractivity contribution in [2.24, 2.45) is 11.8 Å². The SMILES string of the molecule is C1CC2OC1[C@H]1CNC[C@@H]21. The zero-order valence-corrected chi connectivity index (χ0v) is 6.05. The van der Waals surface area contributed by atoms with Crippen molar-refractivity contribution >= 4 is 0 Å². The monoisotopic (exact) mass is 139 g/mol. The van der Waals surface area contributed by atoms with Gasteiger partial charge in [-0.25, -0.2) is 0 Å². The largest absolute Gasteiger partial charge is 0.374 e. The molecule has 0 saturated carbocycles. The Kier molecular flexibility index (Phi) is 0.968. The Morgan fingerprint density at radius 3 is 2.20 bits per heavy atom. The second-order valence-corrected chi connectivity index (χ2v) is 3.78. The third-order valence-corrected chi connectivity index (χ3v) is 3.35. The molecule has 0 aromatic heterocycles. The van der Waals surface area contributed by atoms with E-state index in [1.807, 2.05) is 0 Å². The van der Waals surface area contributed by atoms with Gasteiger partial charge in [0.2, 0.25) is 0 Å². The number of fused-ring (bicyclic) bond motifs is 5. The fourth-order valence-corrected chi connectivity index (χ4v) is 2.85. The second-order valence-electron chi connectivity index (χ2n) is 3.78. The van der Waals surface area contributed by atoms with Crippen LogP contribution in [0.4, 0.5) is 0 Å². The Balaban J connectivity index is 1.92. The number of nitrogens with one attached hydrogen (secondary N) is 1. The predicted molar refractivity (Wildman–Crippen MR) is 37.7 cm³/mol. The highest BCUT2D eigenvalue weighted by molar-refractivity contribution is 5.01. The van der Waals surface area contributed by atoms with Crippen molar-refractivity contribution in [2.75, 3.05) is 13.1 Å². The summed E-state index contributed by atoms with van der Waals surface area (Å²) >= 11 is 0. The second kappa shape index (κ2) is 1.74. The van der Waals surface area contributed by atoms with E-state index in [0.717, 1.165) is 11.8 Å². The highest BCUT2D eigenvalue weighted by Gasteiger charge is 2.50. The Morgan fingerprint density at radius 2 is 1.60 bits per heavy atom. The fraction of sp³-hybridized carbons (Fsp3) is 1.00. The van der Waals surface area contributed by atoms with Crippen molar-refractivity contribution in [3.8, 4) is 0 Å². The molecular weight excluding hydrogens is 126 g/mol. The van der Waals surface area contributed by atoms with Gasteiger partial charge in [0, 0.05) is 24.9 Å². The van der Waals surface area contributed by atoms with E-state index >= 15 is 0 Å². The van der Waals surface area contributed by atoms with Crippen LogP contribution in [0.5, 0.6) is 0 Å². The van der Waals surface area contributed by atoms with Gasteiger partial charge in [0.25, 0.3) is 0 Å². The highest BCUT2D eigenvalue weighted by atomic mass is 16.5. The molecule has 2 unspecified atom stereocenters. The van der Waals surface area contributed by atoms with Crippen LogP contribution in [0.2, 0.25) is 0 Å². The Hall–Kier alpha value is -0.0800. The first-order valence-corrected chi connectivity index (χ1v) is 4.31. The zero-order chi connectivity index (χ0) is 6.55. The minimum atomic E-state index is 0.630. The predicted octanol–water partition coefficient (Wildman–Crippen LogP) is 0.383. The van der Waals surface area contributed by atoms with Gasteiger partial charge >= 0.3 is 0 Å². The van der Waals surface area contributed by atoms with Gasteiger partial charge in [-0.15, -0.1) is 0 Å². The van der Waals surface area contributed by atoms with Gasteiger partial charge < -0.3 is 10.1 Å². The molecule has 3 saturated heterocycles. The molecule has 0 aromatic carbocycles. The van der Waals surface area contributed by atoms with Crippen molar-refractivity contribution in [1.29, 1.82) is 0 Å². The van der Waals surface area contributed by atoms with E-state index in [9.17, 15) is 0 Å². The molecular formula is C8H13NO. The first-order chi connectivity index (χ1) is 4.95. The van der Waals surface area contributed by atoms with Crippen LogP contribution in [0.15, 0.2) is 0 Å². The highest BCUT2D eigenvalue weighted by Crippen LogP contribution is 2.44. The van der Waals surface area contributed by atoms with E-state index in [-0.39, 0.29) is 0 Å². The van der Waals surface area contributed by atoms with Crippen LogP contribution in [0.3, 0.4) is 0 Å². The summed E-state index contributed by atoms with van der Waals surface area (Å²) in [5.41, 5.74) is 0. The van der Waals surface area contributed by atoms with Crippen LogP contribution >= 0.6 is 0 Å². The summed E-state index contributed by atoms with van der Waals surface area (Å²) in [4.78, 5) is 0. The maximum absolute atomic E-state index is 5.80. The summed E-state index contributed by atoms with van der Waals surface area (Å²) in [5, 5.41) is 3.45. The van der Waals surface area contributed by atoms with Gasteiger partial charge in [-0.05, 0) is 12.8 Å². The smallest absolute Gasteiger partial charge is 0.0624 e. The minimum absolute atomic E-state index is 0.630. The third kappa shape index (κ3) is 0.523. The van der Waals surface area contributed by atoms with E-state index in [2.05, 4.69) is 5.32 Å². The summed E-state index contributed by atoms with van der Waals surface area (Å²) in [6, 6.07) is 0. The molecule has 3 rings (SSSR count). The Labute approximate surface area is 60.9 Å². The average Bonchev–Trinajstić information content (AvgIpc) is 2.60. The molecule has 2 bridgehead atoms. The average molecular weight is 139 g/mol. The van der Waals surface area contributed by atoms with Crippen molar-refractivity contribution in [3.63, 3.8) is 0 Å². The molecule has 2 nitrogen and oxygen atoms in total. The Bertz CT molecular complexity index is 143. The van der Waals surface area contributed by atoms with Crippen LogP contribution < -0.4 is 5.32 Å². The number of rotatable bonds is 0. The lowest BCUT2D eigenvalue weighted by Gasteiger charge is -2.18.